The van der Waals surface area contributed by atoms with Crippen LogP contribution in [0.4, 0.5) is 5.82 Å². The number of pyridine rings is 1. The highest BCUT2D eigenvalue weighted by Crippen LogP contribution is 2.22. The summed E-state index contributed by atoms with van der Waals surface area (Å²) in [6.45, 7) is 5.73. The lowest BCUT2D eigenvalue weighted by atomic mass is 10.0. The number of aromatic nitrogens is 1. The van der Waals surface area contributed by atoms with E-state index in [1.54, 1.807) is 6.20 Å². The van der Waals surface area contributed by atoms with Crippen molar-refractivity contribution in [1.82, 2.24) is 4.98 Å². The van der Waals surface area contributed by atoms with Gasteiger partial charge in [-0.1, -0.05) is 13.3 Å². The average molecular weight is 271 g/mol. The Morgan fingerprint density at radius 3 is 2.89 bits per heavy atom. The van der Waals surface area contributed by atoms with Gasteiger partial charge in [0.15, 0.2) is 11.6 Å². The third-order valence-corrected chi connectivity index (χ3v) is 3.06. The van der Waals surface area contributed by atoms with Crippen LogP contribution in [0.5, 0.6) is 5.75 Å². The predicted octanol–water partition coefficient (Wildman–Crippen LogP) is 3.94. The summed E-state index contributed by atoms with van der Waals surface area (Å²) in [6.07, 6.45) is 5.20. The van der Waals surface area contributed by atoms with Crippen molar-refractivity contribution in [3.05, 3.63) is 18.3 Å². The SMILES string of the molecule is CCCC(CCCl)CNc1ncccc1OCC. The summed E-state index contributed by atoms with van der Waals surface area (Å²) in [5.41, 5.74) is 0. The normalized spacial score (nSPS) is 12.2. The topological polar surface area (TPSA) is 34.2 Å². The lowest BCUT2D eigenvalue weighted by molar-refractivity contribution is 0.340. The number of halogens is 1. The minimum atomic E-state index is 0.601. The molecule has 3 nitrogen and oxygen atoms in total. The van der Waals surface area contributed by atoms with Crippen molar-refractivity contribution in [2.75, 3.05) is 24.3 Å². The molecule has 1 aromatic heterocycles. The van der Waals surface area contributed by atoms with Crippen molar-refractivity contribution < 1.29 is 4.74 Å². The van der Waals surface area contributed by atoms with Gasteiger partial charge in [-0.2, -0.15) is 0 Å². The van der Waals surface area contributed by atoms with Gasteiger partial charge in [-0.05, 0) is 37.8 Å². The molecule has 1 aromatic rings. The molecule has 0 fully saturated rings. The lowest BCUT2D eigenvalue weighted by Crippen LogP contribution is -2.16. The van der Waals surface area contributed by atoms with Gasteiger partial charge in [0.2, 0.25) is 0 Å². The van der Waals surface area contributed by atoms with Crippen molar-refractivity contribution in [3.8, 4) is 5.75 Å². The van der Waals surface area contributed by atoms with Crippen LogP contribution < -0.4 is 10.1 Å². The molecule has 1 N–H and O–H groups in total. The second kappa shape index (κ2) is 9.03. The number of nitrogens with zero attached hydrogens (tertiary/aromatic N) is 1. The van der Waals surface area contributed by atoms with Crippen LogP contribution in [-0.2, 0) is 0 Å². The second-order valence-electron chi connectivity index (χ2n) is 4.30. The number of hydrogen-bond donors (Lipinski definition) is 1. The van der Waals surface area contributed by atoms with Crippen molar-refractivity contribution in [2.45, 2.75) is 33.1 Å². The van der Waals surface area contributed by atoms with E-state index in [1.807, 2.05) is 19.1 Å². The van der Waals surface area contributed by atoms with E-state index >= 15 is 0 Å². The minimum Gasteiger partial charge on any atom is -0.490 e. The van der Waals surface area contributed by atoms with Gasteiger partial charge in [-0.15, -0.1) is 11.6 Å². The summed E-state index contributed by atoms with van der Waals surface area (Å²) in [5.74, 6) is 2.97. The largest absolute Gasteiger partial charge is 0.490 e. The molecule has 1 unspecified atom stereocenters. The van der Waals surface area contributed by atoms with E-state index < -0.39 is 0 Å². The fraction of sp³-hybridized carbons (Fsp3) is 0.643. The number of anilines is 1. The molecule has 0 amide bonds. The fourth-order valence-electron chi connectivity index (χ4n) is 1.95. The van der Waals surface area contributed by atoms with E-state index in [0.717, 1.165) is 24.5 Å². The van der Waals surface area contributed by atoms with E-state index in [2.05, 4.69) is 17.2 Å². The van der Waals surface area contributed by atoms with Crippen LogP contribution in [0, 0.1) is 5.92 Å². The number of hydrogen-bond acceptors (Lipinski definition) is 3. The molecule has 0 radical (unpaired) electrons. The first-order valence-corrected chi connectivity index (χ1v) is 7.22. The van der Waals surface area contributed by atoms with E-state index in [1.165, 1.54) is 12.8 Å². The van der Waals surface area contributed by atoms with Crippen LogP contribution in [0.25, 0.3) is 0 Å². The van der Waals surface area contributed by atoms with Gasteiger partial charge in [0, 0.05) is 18.6 Å². The highest BCUT2D eigenvalue weighted by Gasteiger charge is 2.09. The maximum atomic E-state index is 5.83. The van der Waals surface area contributed by atoms with Crippen LogP contribution in [0.1, 0.15) is 33.1 Å². The molecule has 0 spiro atoms. The quantitative estimate of drug-likeness (QED) is 0.690. The van der Waals surface area contributed by atoms with E-state index in [-0.39, 0.29) is 0 Å². The summed E-state index contributed by atoms with van der Waals surface area (Å²) >= 11 is 5.83. The van der Waals surface area contributed by atoms with E-state index in [0.29, 0.717) is 18.4 Å². The number of nitrogens with one attached hydrogen (secondary N) is 1. The van der Waals surface area contributed by atoms with E-state index in [4.69, 9.17) is 16.3 Å². The Morgan fingerprint density at radius 2 is 2.22 bits per heavy atom. The molecule has 1 atom stereocenters. The second-order valence-corrected chi connectivity index (χ2v) is 4.67. The Morgan fingerprint density at radius 1 is 1.39 bits per heavy atom. The maximum absolute atomic E-state index is 5.83. The van der Waals surface area contributed by atoms with Gasteiger partial charge >= 0.3 is 0 Å². The Balaban J connectivity index is 2.54. The van der Waals surface area contributed by atoms with Gasteiger partial charge in [0.1, 0.15) is 0 Å². The molecule has 1 rings (SSSR count). The number of ether oxygens (including phenoxy) is 1. The lowest BCUT2D eigenvalue weighted by Gasteiger charge is -2.17. The van der Waals surface area contributed by atoms with Gasteiger partial charge in [0.25, 0.3) is 0 Å². The zero-order valence-electron chi connectivity index (χ0n) is 11.3. The molecular weight excluding hydrogens is 248 g/mol. The fourth-order valence-corrected chi connectivity index (χ4v) is 2.26. The first kappa shape index (κ1) is 15.1. The first-order chi connectivity index (χ1) is 8.81. The summed E-state index contributed by atoms with van der Waals surface area (Å²) in [4.78, 5) is 4.32. The smallest absolute Gasteiger partial charge is 0.168 e. The van der Waals surface area contributed by atoms with Gasteiger partial charge in [-0.3, -0.25) is 0 Å². The first-order valence-electron chi connectivity index (χ1n) is 6.69. The molecule has 0 aliphatic heterocycles. The molecule has 102 valence electrons. The minimum absolute atomic E-state index is 0.601. The van der Waals surface area contributed by atoms with Gasteiger partial charge in [-0.25, -0.2) is 4.98 Å². The Kier molecular flexibility index (Phi) is 7.58. The summed E-state index contributed by atoms with van der Waals surface area (Å²) < 4.78 is 5.54. The monoisotopic (exact) mass is 270 g/mol. The Bertz CT molecular complexity index is 327. The zero-order valence-corrected chi connectivity index (χ0v) is 12.0. The van der Waals surface area contributed by atoms with Crippen LogP contribution >= 0.6 is 11.6 Å². The van der Waals surface area contributed by atoms with Crippen LogP contribution in [0.3, 0.4) is 0 Å². The third-order valence-electron chi connectivity index (χ3n) is 2.84. The summed E-state index contributed by atoms with van der Waals surface area (Å²) in [6, 6.07) is 3.83. The van der Waals surface area contributed by atoms with Crippen LogP contribution in [0.15, 0.2) is 18.3 Å². The Hall–Kier alpha value is -0.960. The van der Waals surface area contributed by atoms with Crippen LogP contribution in [0.2, 0.25) is 0 Å². The summed E-state index contributed by atoms with van der Waals surface area (Å²) in [5, 5.41) is 3.37. The molecule has 0 aromatic carbocycles. The Labute approximate surface area is 115 Å². The highest BCUT2D eigenvalue weighted by atomic mass is 35.5. The average Bonchev–Trinajstić information content (AvgIpc) is 2.38. The van der Waals surface area contributed by atoms with Gasteiger partial charge < -0.3 is 10.1 Å². The van der Waals surface area contributed by atoms with E-state index in [9.17, 15) is 0 Å². The standard InChI is InChI=1S/C14H23ClN2O/c1-3-6-12(8-9-15)11-17-14-13(18-4-2)7-5-10-16-14/h5,7,10,12H,3-4,6,8-9,11H2,1-2H3,(H,16,17). The van der Waals surface area contributed by atoms with Crippen molar-refractivity contribution in [1.29, 1.82) is 0 Å². The van der Waals surface area contributed by atoms with Crippen molar-refractivity contribution >= 4 is 17.4 Å². The molecular formula is C14H23ClN2O. The van der Waals surface area contributed by atoms with Crippen molar-refractivity contribution in [2.24, 2.45) is 5.92 Å². The summed E-state index contributed by atoms with van der Waals surface area (Å²) in [7, 11) is 0. The third kappa shape index (κ3) is 5.13. The predicted molar refractivity (Wildman–Crippen MR) is 77.6 cm³/mol. The zero-order chi connectivity index (χ0) is 13.2. The van der Waals surface area contributed by atoms with Gasteiger partial charge in [0.05, 0.1) is 6.61 Å². The van der Waals surface area contributed by atoms with Crippen LogP contribution in [-0.4, -0.2) is 24.0 Å². The molecule has 0 bridgehead atoms. The molecule has 18 heavy (non-hydrogen) atoms. The molecule has 1 heterocycles. The maximum Gasteiger partial charge on any atom is 0.168 e. The molecule has 0 aliphatic rings. The highest BCUT2D eigenvalue weighted by molar-refractivity contribution is 6.17. The van der Waals surface area contributed by atoms with Crippen molar-refractivity contribution in [3.63, 3.8) is 0 Å². The number of alkyl halides is 1. The molecule has 0 saturated heterocycles. The molecule has 0 saturated carbocycles. The molecule has 4 heteroatoms. The molecule has 0 aliphatic carbocycles. The number of rotatable bonds is 9.